The Labute approximate surface area is 183 Å². The third-order valence-corrected chi connectivity index (χ3v) is 6.05. The molecule has 1 aliphatic carbocycles. The van der Waals surface area contributed by atoms with Crippen LogP contribution in [0.15, 0.2) is 52.9 Å². The van der Waals surface area contributed by atoms with Crippen molar-refractivity contribution in [3.05, 3.63) is 58.5 Å². The second-order valence-electron chi connectivity index (χ2n) is 10.9. The lowest BCUT2D eigenvalue weighted by molar-refractivity contribution is -0.141. The lowest BCUT2D eigenvalue weighted by atomic mass is 9.71. The Hall–Kier alpha value is -2.16. The van der Waals surface area contributed by atoms with Gasteiger partial charge in [-0.25, -0.2) is 0 Å². The summed E-state index contributed by atoms with van der Waals surface area (Å²) in [6.45, 7) is 17.2. The van der Waals surface area contributed by atoms with Gasteiger partial charge in [0.15, 0.2) is 0 Å². The predicted molar refractivity (Wildman–Crippen MR) is 126 cm³/mol. The van der Waals surface area contributed by atoms with Crippen LogP contribution in [-0.2, 0) is 4.79 Å². The fourth-order valence-electron chi connectivity index (χ4n) is 4.36. The van der Waals surface area contributed by atoms with Gasteiger partial charge in [-0.05, 0) is 97.3 Å². The van der Waals surface area contributed by atoms with Gasteiger partial charge in [0.05, 0.1) is 5.92 Å². The quantitative estimate of drug-likeness (QED) is 0.496. The first-order valence-electron chi connectivity index (χ1n) is 11.0. The van der Waals surface area contributed by atoms with E-state index in [0.717, 1.165) is 47.1 Å². The van der Waals surface area contributed by atoms with Crippen LogP contribution in [0, 0.1) is 16.7 Å². The molecule has 0 radical (unpaired) electrons. The van der Waals surface area contributed by atoms with Gasteiger partial charge in [0.1, 0.15) is 0 Å². The minimum Gasteiger partial charge on any atom is -0.481 e. The Bertz CT molecular complexity index is 860. The molecule has 1 atom stereocenters. The third kappa shape index (κ3) is 6.17. The molecule has 0 unspecified atom stereocenters. The van der Waals surface area contributed by atoms with Crippen molar-refractivity contribution in [1.29, 1.82) is 0 Å². The number of rotatable bonds is 6. The van der Waals surface area contributed by atoms with E-state index < -0.39 is 11.9 Å². The molecule has 1 aliphatic rings. The van der Waals surface area contributed by atoms with Crippen molar-refractivity contribution >= 4 is 11.5 Å². The number of hydrogen-bond donors (Lipinski definition) is 1. The number of aliphatic carboxylic acids is 1. The van der Waals surface area contributed by atoms with Crippen LogP contribution < -0.4 is 0 Å². The van der Waals surface area contributed by atoms with E-state index in [1.165, 1.54) is 5.57 Å². The largest absolute Gasteiger partial charge is 0.481 e. The smallest absolute Gasteiger partial charge is 0.311 e. The molecular weight excluding hydrogens is 370 g/mol. The average Bonchev–Trinajstić information content (AvgIpc) is 2.64. The number of hydrogen-bond acceptors (Lipinski definition) is 2. The molecule has 0 fully saturated rings. The summed E-state index contributed by atoms with van der Waals surface area (Å²) in [7, 11) is 0. The molecule has 164 valence electrons. The monoisotopic (exact) mass is 409 g/mol. The third-order valence-electron chi connectivity index (χ3n) is 6.05. The average molecular weight is 410 g/mol. The fraction of sp³-hybridized carbons (Fsp3) is 0.556. The lowest BCUT2D eigenvalue weighted by Crippen LogP contribution is -2.26. The molecule has 1 aromatic heterocycles. The van der Waals surface area contributed by atoms with E-state index in [1.54, 1.807) is 12.4 Å². The maximum atomic E-state index is 12.5. The van der Waals surface area contributed by atoms with E-state index in [1.807, 2.05) is 12.1 Å². The van der Waals surface area contributed by atoms with Gasteiger partial charge in [-0.3, -0.25) is 9.78 Å². The molecule has 2 rings (SSSR count). The molecular formula is C27H39NO2. The predicted octanol–water partition coefficient (Wildman–Crippen LogP) is 7.47. The minimum atomic E-state index is -0.738. The van der Waals surface area contributed by atoms with Crippen molar-refractivity contribution in [3.63, 3.8) is 0 Å². The highest BCUT2D eigenvalue weighted by molar-refractivity contribution is 5.82. The second kappa shape index (κ2) is 9.32. The van der Waals surface area contributed by atoms with Crippen molar-refractivity contribution in [1.82, 2.24) is 4.98 Å². The van der Waals surface area contributed by atoms with Crippen LogP contribution in [0.1, 0.15) is 86.6 Å². The van der Waals surface area contributed by atoms with E-state index in [0.29, 0.717) is 11.8 Å². The molecule has 0 amide bonds. The molecule has 30 heavy (non-hydrogen) atoms. The van der Waals surface area contributed by atoms with Gasteiger partial charge in [-0.2, -0.15) is 0 Å². The summed E-state index contributed by atoms with van der Waals surface area (Å²) in [6, 6.07) is 4.04. The van der Waals surface area contributed by atoms with Crippen LogP contribution in [0.5, 0.6) is 0 Å². The topological polar surface area (TPSA) is 50.2 Å². The Balaban J connectivity index is 2.75. The number of carbonyl (C=O) groups is 1. The molecule has 1 aromatic rings. The van der Waals surface area contributed by atoms with E-state index in [2.05, 4.69) is 66.4 Å². The Morgan fingerprint density at radius 2 is 1.77 bits per heavy atom. The van der Waals surface area contributed by atoms with Gasteiger partial charge >= 0.3 is 5.97 Å². The first kappa shape index (κ1) is 24.1. The highest BCUT2D eigenvalue weighted by Crippen LogP contribution is 2.44. The zero-order chi connectivity index (χ0) is 22.7. The van der Waals surface area contributed by atoms with Crippen molar-refractivity contribution in [3.8, 4) is 0 Å². The van der Waals surface area contributed by atoms with Crippen LogP contribution in [0.25, 0.3) is 5.57 Å². The number of aromatic nitrogens is 1. The van der Waals surface area contributed by atoms with E-state index in [4.69, 9.17) is 0 Å². The Morgan fingerprint density at radius 3 is 2.20 bits per heavy atom. The highest BCUT2D eigenvalue weighted by atomic mass is 16.4. The molecule has 0 bridgehead atoms. The van der Waals surface area contributed by atoms with Crippen molar-refractivity contribution in [2.24, 2.45) is 16.7 Å². The molecule has 3 nitrogen and oxygen atoms in total. The highest BCUT2D eigenvalue weighted by Gasteiger charge is 2.33. The number of allylic oxidation sites excluding steroid dienone is 5. The molecule has 0 saturated heterocycles. The maximum Gasteiger partial charge on any atom is 0.311 e. The summed E-state index contributed by atoms with van der Waals surface area (Å²) < 4.78 is 0. The van der Waals surface area contributed by atoms with E-state index in [9.17, 15) is 9.90 Å². The zero-order valence-corrected chi connectivity index (χ0v) is 20.1. The van der Waals surface area contributed by atoms with Crippen molar-refractivity contribution in [2.45, 2.75) is 81.1 Å². The van der Waals surface area contributed by atoms with Crippen LogP contribution >= 0.6 is 0 Å². The molecule has 0 aromatic carbocycles. The number of carboxylic acids is 1. The van der Waals surface area contributed by atoms with Gasteiger partial charge < -0.3 is 5.11 Å². The Kier molecular flexibility index (Phi) is 7.49. The molecule has 1 N–H and O–H groups in total. The first-order valence-corrected chi connectivity index (χ1v) is 11.0. The van der Waals surface area contributed by atoms with E-state index in [-0.39, 0.29) is 5.41 Å². The molecule has 1 heterocycles. The SMILES string of the molecule is CC(C)=C(/C(C1=CCC(C)(C)CC1)=C(\C)c1ccncc1)[C@H](CC(C)(C)C)C(=O)O. The Morgan fingerprint density at radius 1 is 1.17 bits per heavy atom. The summed E-state index contributed by atoms with van der Waals surface area (Å²) in [4.78, 5) is 16.7. The first-order chi connectivity index (χ1) is 13.8. The number of pyridine rings is 1. The zero-order valence-electron chi connectivity index (χ0n) is 20.1. The molecule has 0 aliphatic heterocycles. The molecule has 0 spiro atoms. The molecule has 0 saturated carbocycles. The fourth-order valence-corrected chi connectivity index (χ4v) is 4.36. The van der Waals surface area contributed by atoms with Gasteiger partial charge in [-0.1, -0.05) is 46.3 Å². The second-order valence-corrected chi connectivity index (χ2v) is 10.9. The van der Waals surface area contributed by atoms with Crippen molar-refractivity contribution in [2.75, 3.05) is 0 Å². The van der Waals surface area contributed by atoms with Crippen molar-refractivity contribution < 1.29 is 9.90 Å². The summed E-state index contributed by atoms with van der Waals surface area (Å²) in [5, 5.41) is 10.3. The summed E-state index contributed by atoms with van der Waals surface area (Å²) in [5.41, 5.74) is 6.94. The number of nitrogens with zero attached hydrogens (tertiary/aromatic N) is 1. The maximum absolute atomic E-state index is 12.5. The standard InChI is InChI=1S/C27H39NO2/c1-18(2)23(22(25(29)30)17-26(4,5)6)24(19(3)20-11-15-28-16-12-20)21-9-13-27(7,8)14-10-21/h9,11-12,15-16,22H,10,13-14,17H2,1-8H3,(H,29,30)/b24-19+/t22-/m0/s1. The van der Waals surface area contributed by atoms with Crippen LogP contribution in [-0.4, -0.2) is 16.1 Å². The van der Waals surface area contributed by atoms with Crippen LogP contribution in [0.2, 0.25) is 0 Å². The van der Waals surface area contributed by atoms with Crippen LogP contribution in [0.3, 0.4) is 0 Å². The lowest BCUT2D eigenvalue weighted by Gasteiger charge is -2.34. The molecule has 3 heteroatoms. The number of carboxylic acid groups (broad SMARTS) is 1. The van der Waals surface area contributed by atoms with Crippen LogP contribution in [0.4, 0.5) is 0 Å². The van der Waals surface area contributed by atoms with Gasteiger partial charge in [0.2, 0.25) is 0 Å². The summed E-state index contributed by atoms with van der Waals surface area (Å²) >= 11 is 0. The van der Waals surface area contributed by atoms with E-state index >= 15 is 0 Å². The van der Waals surface area contributed by atoms with Gasteiger partial charge in [0, 0.05) is 12.4 Å². The van der Waals surface area contributed by atoms with Gasteiger partial charge in [0.25, 0.3) is 0 Å². The van der Waals surface area contributed by atoms with Gasteiger partial charge in [-0.15, -0.1) is 0 Å². The minimum absolute atomic E-state index is 0.0810. The summed E-state index contributed by atoms with van der Waals surface area (Å²) in [5.74, 6) is -1.27. The summed E-state index contributed by atoms with van der Waals surface area (Å²) in [6.07, 6.45) is 9.67. The normalized spacial score (nSPS) is 18.2.